The van der Waals surface area contributed by atoms with E-state index in [-0.39, 0.29) is 6.04 Å². The van der Waals surface area contributed by atoms with Gasteiger partial charge in [0.2, 0.25) is 0 Å². The fourth-order valence-corrected chi connectivity index (χ4v) is 2.64. The monoisotopic (exact) mass is 267 g/mol. The average molecular weight is 268 g/mol. The number of rotatable bonds is 4. The third kappa shape index (κ3) is 3.17. The van der Waals surface area contributed by atoms with Gasteiger partial charge < -0.3 is 5.32 Å². The number of hydrogen-bond acceptors (Lipinski definition) is 4. The van der Waals surface area contributed by atoms with Gasteiger partial charge in [-0.1, -0.05) is 31.5 Å². The lowest BCUT2D eigenvalue weighted by Crippen LogP contribution is -2.16. The van der Waals surface area contributed by atoms with Crippen molar-refractivity contribution >= 4 is 28.8 Å². The molecule has 0 fully saturated rings. The largest absolute Gasteiger partial charge is 0.361 e. The molecule has 0 aliphatic rings. The van der Waals surface area contributed by atoms with E-state index in [1.165, 1.54) is 4.88 Å². The Morgan fingerprint density at radius 1 is 1.24 bits per heavy atom. The molecule has 2 aromatic rings. The van der Waals surface area contributed by atoms with Gasteiger partial charge in [-0.3, -0.25) is 0 Å². The smallest absolute Gasteiger partial charge is 0.151 e. The van der Waals surface area contributed by atoms with Gasteiger partial charge in [0.1, 0.15) is 5.82 Å². The lowest BCUT2D eigenvalue weighted by atomic mass is 10.0. The molecule has 0 aromatic carbocycles. The highest BCUT2D eigenvalue weighted by molar-refractivity contribution is 7.10. The summed E-state index contributed by atoms with van der Waals surface area (Å²) in [4.78, 5) is 1.30. The Morgan fingerprint density at radius 2 is 2.06 bits per heavy atom. The molecule has 1 N–H and O–H groups in total. The Balaban J connectivity index is 2.16. The van der Waals surface area contributed by atoms with Crippen molar-refractivity contribution in [3.8, 4) is 0 Å². The molecule has 0 aliphatic carbocycles. The molecule has 2 aromatic heterocycles. The van der Waals surface area contributed by atoms with Crippen LogP contribution in [0.5, 0.6) is 0 Å². The molecule has 90 valence electrons. The van der Waals surface area contributed by atoms with Crippen molar-refractivity contribution in [1.82, 2.24) is 10.2 Å². The highest BCUT2D eigenvalue weighted by atomic mass is 35.5. The highest BCUT2D eigenvalue weighted by Crippen LogP contribution is 2.28. The Bertz CT molecular complexity index is 453. The van der Waals surface area contributed by atoms with E-state index in [0.717, 1.165) is 5.82 Å². The third-order valence-electron chi connectivity index (χ3n) is 2.45. The van der Waals surface area contributed by atoms with Gasteiger partial charge >= 0.3 is 0 Å². The first-order valence-corrected chi connectivity index (χ1v) is 6.72. The van der Waals surface area contributed by atoms with Gasteiger partial charge in [0.05, 0.1) is 6.04 Å². The maximum atomic E-state index is 5.71. The Kier molecular flexibility index (Phi) is 3.97. The Morgan fingerprint density at radius 3 is 2.59 bits per heavy atom. The fraction of sp³-hybridized carbons (Fsp3) is 0.333. The van der Waals surface area contributed by atoms with E-state index in [1.54, 1.807) is 17.4 Å². The van der Waals surface area contributed by atoms with Crippen molar-refractivity contribution in [3.05, 3.63) is 39.7 Å². The minimum absolute atomic E-state index is 0.255. The predicted molar refractivity (Wildman–Crippen MR) is 72.6 cm³/mol. The zero-order valence-corrected chi connectivity index (χ0v) is 11.3. The minimum Gasteiger partial charge on any atom is -0.361 e. The maximum Gasteiger partial charge on any atom is 0.151 e. The summed E-state index contributed by atoms with van der Waals surface area (Å²) in [7, 11) is 0. The van der Waals surface area contributed by atoms with Crippen LogP contribution in [0, 0.1) is 5.92 Å². The van der Waals surface area contributed by atoms with Gasteiger partial charge in [-0.25, -0.2) is 0 Å². The van der Waals surface area contributed by atoms with Gasteiger partial charge in [0.25, 0.3) is 0 Å². The summed E-state index contributed by atoms with van der Waals surface area (Å²) in [6.07, 6.45) is 0. The Labute approximate surface area is 110 Å². The van der Waals surface area contributed by atoms with E-state index >= 15 is 0 Å². The molecule has 2 rings (SSSR count). The molecular formula is C12H14ClN3S. The first-order valence-electron chi connectivity index (χ1n) is 5.46. The molecule has 1 unspecified atom stereocenters. The van der Waals surface area contributed by atoms with Crippen LogP contribution in [0.15, 0.2) is 29.6 Å². The molecule has 0 spiro atoms. The summed E-state index contributed by atoms with van der Waals surface area (Å²) >= 11 is 7.46. The summed E-state index contributed by atoms with van der Waals surface area (Å²) in [6, 6.07) is 8.03. The van der Waals surface area contributed by atoms with E-state index in [4.69, 9.17) is 11.6 Å². The van der Waals surface area contributed by atoms with Crippen molar-refractivity contribution < 1.29 is 0 Å². The van der Waals surface area contributed by atoms with Crippen molar-refractivity contribution in [2.75, 3.05) is 5.32 Å². The minimum atomic E-state index is 0.255. The van der Waals surface area contributed by atoms with E-state index in [1.807, 2.05) is 6.07 Å². The van der Waals surface area contributed by atoms with E-state index < -0.39 is 0 Å². The highest BCUT2D eigenvalue weighted by Gasteiger charge is 2.17. The van der Waals surface area contributed by atoms with E-state index in [9.17, 15) is 0 Å². The average Bonchev–Trinajstić information content (AvgIpc) is 2.81. The molecule has 0 amide bonds. The van der Waals surface area contributed by atoms with Crippen LogP contribution in [0.4, 0.5) is 5.82 Å². The van der Waals surface area contributed by atoms with Crippen molar-refractivity contribution in [2.24, 2.45) is 5.92 Å². The second-order valence-corrected chi connectivity index (χ2v) is 5.49. The van der Waals surface area contributed by atoms with E-state index in [2.05, 4.69) is 46.9 Å². The van der Waals surface area contributed by atoms with Crippen LogP contribution >= 0.6 is 22.9 Å². The van der Waals surface area contributed by atoms with Crippen LogP contribution < -0.4 is 5.32 Å². The topological polar surface area (TPSA) is 37.8 Å². The summed E-state index contributed by atoms with van der Waals surface area (Å²) < 4.78 is 0. The predicted octanol–water partition coefficient (Wildman–Crippen LogP) is 4.00. The van der Waals surface area contributed by atoms with Gasteiger partial charge in [-0.05, 0) is 29.5 Å². The van der Waals surface area contributed by atoms with Crippen LogP contribution in [-0.4, -0.2) is 10.2 Å². The van der Waals surface area contributed by atoms with Crippen molar-refractivity contribution in [2.45, 2.75) is 19.9 Å². The molecule has 3 nitrogen and oxygen atoms in total. The Hall–Kier alpha value is -1.13. The first kappa shape index (κ1) is 12.3. The molecule has 2 heterocycles. The van der Waals surface area contributed by atoms with Crippen LogP contribution in [0.1, 0.15) is 24.8 Å². The number of nitrogens with one attached hydrogen (secondary N) is 1. The van der Waals surface area contributed by atoms with E-state index in [0.29, 0.717) is 11.1 Å². The van der Waals surface area contributed by atoms with Crippen LogP contribution in [0.2, 0.25) is 5.15 Å². The number of hydrogen-bond donors (Lipinski definition) is 1. The zero-order valence-electron chi connectivity index (χ0n) is 9.72. The summed E-state index contributed by atoms with van der Waals surface area (Å²) in [5.41, 5.74) is 0. The number of anilines is 1. The molecule has 5 heteroatoms. The van der Waals surface area contributed by atoms with Gasteiger partial charge in [-0.15, -0.1) is 21.5 Å². The molecule has 17 heavy (non-hydrogen) atoms. The number of thiophene rings is 1. The molecule has 0 bridgehead atoms. The fourth-order valence-electron chi connectivity index (χ4n) is 1.59. The van der Waals surface area contributed by atoms with Crippen LogP contribution in [0.25, 0.3) is 0 Å². The second kappa shape index (κ2) is 5.47. The van der Waals surface area contributed by atoms with Crippen molar-refractivity contribution in [1.29, 1.82) is 0 Å². The molecule has 0 saturated heterocycles. The standard InChI is InChI=1S/C12H14ClN3S/c1-8(2)12(9-4-3-7-17-9)14-11-6-5-10(13)15-16-11/h3-8,12H,1-2H3,(H,14,16). The molecule has 0 saturated carbocycles. The number of nitrogens with zero attached hydrogens (tertiary/aromatic N) is 2. The first-order chi connectivity index (χ1) is 8.16. The maximum absolute atomic E-state index is 5.71. The molecular weight excluding hydrogens is 254 g/mol. The summed E-state index contributed by atoms with van der Waals surface area (Å²) in [5, 5.41) is 13.7. The molecule has 1 atom stereocenters. The SMILES string of the molecule is CC(C)C(Nc1ccc(Cl)nn1)c1cccs1. The number of aromatic nitrogens is 2. The summed E-state index contributed by atoms with van der Waals surface area (Å²) in [5.74, 6) is 1.23. The zero-order chi connectivity index (χ0) is 12.3. The molecule has 0 radical (unpaired) electrons. The van der Waals surface area contributed by atoms with Crippen LogP contribution in [-0.2, 0) is 0 Å². The number of halogens is 1. The van der Waals surface area contributed by atoms with Gasteiger partial charge in [0, 0.05) is 4.88 Å². The lowest BCUT2D eigenvalue weighted by molar-refractivity contribution is 0.551. The van der Waals surface area contributed by atoms with Gasteiger partial charge in [0.15, 0.2) is 5.15 Å². The van der Waals surface area contributed by atoms with Gasteiger partial charge in [-0.2, -0.15) is 0 Å². The van der Waals surface area contributed by atoms with Crippen LogP contribution in [0.3, 0.4) is 0 Å². The second-order valence-electron chi connectivity index (χ2n) is 4.12. The third-order valence-corrected chi connectivity index (χ3v) is 3.61. The quantitative estimate of drug-likeness (QED) is 0.910. The molecule has 0 aliphatic heterocycles. The lowest BCUT2D eigenvalue weighted by Gasteiger charge is -2.21. The summed E-state index contributed by atoms with van der Waals surface area (Å²) in [6.45, 7) is 4.36. The normalized spacial score (nSPS) is 12.7. The van der Waals surface area contributed by atoms with Crippen molar-refractivity contribution in [3.63, 3.8) is 0 Å².